The number of rotatable bonds is 2. The van der Waals surface area contributed by atoms with E-state index in [0.717, 1.165) is 0 Å². The SMILES string of the molecule is COc1[c-]ccc(C(=O)[O-])c1.[K+].[K+]. The van der Waals surface area contributed by atoms with E-state index in [1.807, 2.05) is 0 Å². The number of benzene rings is 1. The zero-order valence-corrected chi connectivity index (χ0v) is 14.2. The topological polar surface area (TPSA) is 49.4 Å². The molecule has 0 aliphatic carbocycles. The van der Waals surface area contributed by atoms with Crippen LogP contribution < -0.4 is 113 Å². The Morgan fingerprint density at radius 3 is 2.62 bits per heavy atom. The Morgan fingerprint density at radius 1 is 1.54 bits per heavy atom. The summed E-state index contributed by atoms with van der Waals surface area (Å²) < 4.78 is 4.76. The van der Waals surface area contributed by atoms with Gasteiger partial charge in [0.15, 0.2) is 0 Å². The van der Waals surface area contributed by atoms with Crippen molar-refractivity contribution in [1.29, 1.82) is 0 Å². The van der Waals surface area contributed by atoms with Gasteiger partial charge in [-0.05, 0) is 0 Å². The van der Waals surface area contributed by atoms with Gasteiger partial charge in [0.2, 0.25) is 0 Å². The zero-order chi connectivity index (χ0) is 8.27. The predicted molar refractivity (Wildman–Crippen MR) is 36.2 cm³/mol. The first-order valence-electron chi connectivity index (χ1n) is 3.01. The minimum Gasteiger partial charge on any atom is -0.547 e. The van der Waals surface area contributed by atoms with Gasteiger partial charge in [-0.25, -0.2) is 0 Å². The molecule has 0 atom stereocenters. The molecule has 0 amide bonds. The molecule has 0 spiro atoms. The molecule has 0 fully saturated rings. The molecule has 1 rings (SSSR count). The van der Waals surface area contributed by atoms with E-state index in [4.69, 9.17) is 4.74 Å². The molecule has 0 bridgehead atoms. The van der Waals surface area contributed by atoms with Crippen molar-refractivity contribution in [3.63, 3.8) is 0 Å². The summed E-state index contributed by atoms with van der Waals surface area (Å²) in [6, 6.07) is 6.93. The second-order valence-electron chi connectivity index (χ2n) is 1.93. The minimum absolute atomic E-state index is 0. The molecule has 0 aromatic heterocycles. The summed E-state index contributed by atoms with van der Waals surface area (Å²) in [5, 5.41) is 10.3. The fraction of sp³-hybridized carbons (Fsp3) is 0.125. The maximum atomic E-state index is 10.3. The Kier molecular flexibility index (Phi) is 11.9. The Hall–Kier alpha value is 1.76. The number of methoxy groups -OCH3 is 1. The fourth-order valence-electron chi connectivity index (χ4n) is 0.689. The van der Waals surface area contributed by atoms with Crippen LogP contribution in [0.1, 0.15) is 10.4 Å². The summed E-state index contributed by atoms with van der Waals surface area (Å²) in [7, 11) is 1.45. The molecule has 0 aliphatic rings. The van der Waals surface area contributed by atoms with Crippen LogP contribution in [-0.2, 0) is 0 Å². The number of carbonyl (C=O) groups excluding carboxylic acids is 1. The summed E-state index contributed by atoms with van der Waals surface area (Å²) in [5.41, 5.74) is 0.0978. The molecule has 13 heavy (non-hydrogen) atoms. The molecule has 0 unspecified atom stereocenters. The van der Waals surface area contributed by atoms with Crippen LogP contribution in [0.4, 0.5) is 0 Å². The second kappa shape index (κ2) is 9.02. The van der Waals surface area contributed by atoms with Gasteiger partial charge in [0.25, 0.3) is 0 Å². The van der Waals surface area contributed by atoms with Gasteiger partial charge in [0, 0.05) is 11.7 Å². The third-order valence-electron chi connectivity index (χ3n) is 1.23. The third kappa shape index (κ3) is 6.04. The van der Waals surface area contributed by atoms with Crippen LogP contribution in [0.3, 0.4) is 0 Å². The summed E-state index contributed by atoms with van der Waals surface area (Å²) in [6.07, 6.45) is 0. The number of ether oxygens (including phenoxy) is 1. The van der Waals surface area contributed by atoms with E-state index in [1.54, 1.807) is 0 Å². The zero-order valence-electron chi connectivity index (χ0n) is 7.96. The van der Waals surface area contributed by atoms with Crippen molar-refractivity contribution in [2.45, 2.75) is 0 Å². The normalized spacial score (nSPS) is 7.77. The Labute approximate surface area is 162 Å². The van der Waals surface area contributed by atoms with Crippen LogP contribution in [0.2, 0.25) is 0 Å². The van der Waals surface area contributed by atoms with E-state index >= 15 is 0 Å². The molecule has 0 saturated carbocycles. The van der Waals surface area contributed by atoms with Gasteiger partial charge in [0.1, 0.15) is 0 Å². The minimum atomic E-state index is -1.21. The van der Waals surface area contributed by atoms with E-state index in [0.29, 0.717) is 5.75 Å². The summed E-state index contributed by atoms with van der Waals surface area (Å²) >= 11 is 0. The number of carboxylic acids is 1. The first-order chi connectivity index (χ1) is 5.24. The van der Waals surface area contributed by atoms with Gasteiger partial charge in [-0.15, -0.1) is 17.7 Å². The largest absolute Gasteiger partial charge is 1.00 e. The van der Waals surface area contributed by atoms with Gasteiger partial charge in [-0.2, -0.15) is 12.1 Å². The summed E-state index contributed by atoms with van der Waals surface area (Å²) in [6.45, 7) is 0. The van der Waals surface area contributed by atoms with Crippen molar-refractivity contribution in [2.75, 3.05) is 7.11 Å². The van der Waals surface area contributed by atoms with E-state index in [2.05, 4.69) is 6.07 Å². The first kappa shape index (κ1) is 17.2. The van der Waals surface area contributed by atoms with Gasteiger partial charge in [-0.3, -0.25) is 0 Å². The number of hydrogen-bond donors (Lipinski definition) is 0. The monoisotopic (exact) mass is 228 g/mol. The smallest absolute Gasteiger partial charge is 0.547 e. The van der Waals surface area contributed by atoms with E-state index in [9.17, 15) is 9.90 Å². The molecular weight excluding hydrogens is 222 g/mol. The molecule has 3 nitrogen and oxygen atoms in total. The fourth-order valence-corrected chi connectivity index (χ4v) is 0.689. The Bertz CT molecular complexity index is 276. The predicted octanol–water partition coefficient (Wildman–Crippen LogP) is -6.13. The van der Waals surface area contributed by atoms with Gasteiger partial charge in [0.05, 0.1) is 7.11 Å². The molecule has 58 valence electrons. The Balaban J connectivity index is 0. The molecule has 0 aliphatic heterocycles. The summed E-state index contributed by atoms with van der Waals surface area (Å²) in [4.78, 5) is 10.3. The maximum absolute atomic E-state index is 10.3. The maximum Gasteiger partial charge on any atom is 1.00 e. The van der Waals surface area contributed by atoms with Crippen LogP contribution >= 0.6 is 0 Å². The molecule has 5 heteroatoms. The van der Waals surface area contributed by atoms with Crippen LogP contribution in [0.25, 0.3) is 0 Å². The molecule has 0 heterocycles. The number of aromatic carboxylic acids is 1. The Morgan fingerprint density at radius 2 is 2.15 bits per heavy atom. The average Bonchev–Trinajstić information content (AvgIpc) is 2.05. The summed E-state index contributed by atoms with van der Waals surface area (Å²) in [5.74, 6) is -0.816. The van der Waals surface area contributed by atoms with Crippen molar-refractivity contribution in [3.05, 3.63) is 29.8 Å². The molecule has 0 radical (unpaired) electrons. The van der Waals surface area contributed by atoms with Gasteiger partial charge >= 0.3 is 103 Å². The van der Waals surface area contributed by atoms with Crippen molar-refractivity contribution in [1.82, 2.24) is 0 Å². The van der Waals surface area contributed by atoms with Gasteiger partial charge < -0.3 is 14.6 Å². The van der Waals surface area contributed by atoms with Crippen molar-refractivity contribution in [3.8, 4) is 5.75 Å². The van der Waals surface area contributed by atoms with E-state index < -0.39 is 5.97 Å². The number of carbonyl (C=O) groups is 1. The second-order valence-corrected chi connectivity index (χ2v) is 1.93. The number of carboxylic acid groups (broad SMARTS) is 1. The van der Waals surface area contributed by atoms with Gasteiger partial charge in [-0.1, -0.05) is 0 Å². The molecule has 0 N–H and O–H groups in total. The van der Waals surface area contributed by atoms with E-state index in [-0.39, 0.29) is 108 Å². The standard InChI is InChI=1S/C8H7O3.2K/c1-11-7-4-2-3-6(5-7)8(9)10;;/h2-3,5H,1H3,(H,9,10);;/q-1;2*+1/p-1. The van der Waals surface area contributed by atoms with Crippen molar-refractivity contribution >= 4 is 5.97 Å². The van der Waals surface area contributed by atoms with Crippen LogP contribution in [-0.4, -0.2) is 13.1 Å². The third-order valence-corrected chi connectivity index (χ3v) is 1.23. The molecule has 1 aromatic rings. The number of hydrogen-bond acceptors (Lipinski definition) is 3. The molecule has 0 saturated heterocycles. The average molecular weight is 228 g/mol. The van der Waals surface area contributed by atoms with Crippen molar-refractivity contribution < 1.29 is 117 Å². The van der Waals surface area contributed by atoms with Crippen LogP contribution in [0.5, 0.6) is 5.75 Å². The van der Waals surface area contributed by atoms with Crippen molar-refractivity contribution in [2.24, 2.45) is 0 Å². The van der Waals surface area contributed by atoms with Crippen LogP contribution in [0, 0.1) is 6.07 Å². The molecule has 1 aromatic carbocycles. The quantitative estimate of drug-likeness (QED) is 0.374. The van der Waals surface area contributed by atoms with Crippen LogP contribution in [0.15, 0.2) is 18.2 Å². The first-order valence-corrected chi connectivity index (χ1v) is 3.01. The van der Waals surface area contributed by atoms with E-state index in [1.165, 1.54) is 25.3 Å². The molecular formula is C8H6K2O3.